The number of benzene rings is 1. The minimum Gasteiger partial charge on any atom is -0.388 e. The summed E-state index contributed by atoms with van der Waals surface area (Å²) in [5.74, 6) is 0.602. The van der Waals surface area contributed by atoms with Crippen LogP contribution in [0, 0.1) is 4.77 Å². The first-order valence-electron chi connectivity index (χ1n) is 8.26. The SMILES string of the molecule is CN(C)c1cccc(C2CCCN2Cn2nc(CO)n(C)c2=S)c1. The lowest BCUT2D eigenvalue weighted by molar-refractivity contribution is 0.188. The highest BCUT2D eigenvalue weighted by Gasteiger charge is 2.27. The quantitative estimate of drug-likeness (QED) is 0.841. The van der Waals surface area contributed by atoms with Crippen molar-refractivity contribution in [2.24, 2.45) is 7.05 Å². The molecule has 1 atom stereocenters. The van der Waals surface area contributed by atoms with Crippen molar-refractivity contribution in [1.29, 1.82) is 0 Å². The van der Waals surface area contributed by atoms with Crippen molar-refractivity contribution in [3.8, 4) is 0 Å². The van der Waals surface area contributed by atoms with Crippen LogP contribution in [0.15, 0.2) is 24.3 Å². The highest BCUT2D eigenvalue weighted by Crippen LogP contribution is 2.33. The summed E-state index contributed by atoms with van der Waals surface area (Å²) in [5.41, 5.74) is 2.56. The van der Waals surface area contributed by atoms with Crippen molar-refractivity contribution >= 4 is 17.9 Å². The smallest absolute Gasteiger partial charge is 0.198 e. The minimum atomic E-state index is -0.0958. The third kappa shape index (κ3) is 3.24. The van der Waals surface area contributed by atoms with Gasteiger partial charge >= 0.3 is 0 Å². The Morgan fingerprint density at radius 2 is 2.17 bits per heavy atom. The Kier molecular flexibility index (Phi) is 5.03. The van der Waals surface area contributed by atoms with Crippen molar-refractivity contribution in [1.82, 2.24) is 19.2 Å². The maximum atomic E-state index is 9.37. The highest BCUT2D eigenvalue weighted by atomic mass is 32.1. The molecule has 1 aromatic carbocycles. The predicted octanol–water partition coefficient (Wildman–Crippen LogP) is 2.30. The Morgan fingerprint density at radius 1 is 1.38 bits per heavy atom. The number of anilines is 1. The fraction of sp³-hybridized carbons (Fsp3) is 0.529. The summed E-state index contributed by atoms with van der Waals surface area (Å²) in [4.78, 5) is 4.55. The molecule has 130 valence electrons. The Balaban J connectivity index is 1.84. The maximum Gasteiger partial charge on any atom is 0.198 e. The van der Waals surface area contributed by atoms with E-state index in [9.17, 15) is 5.11 Å². The largest absolute Gasteiger partial charge is 0.388 e. The Labute approximate surface area is 147 Å². The van der Waals surface area contributed by atoms with E-state index in [-0.39, 0.29) is 6.61 Å². The molecule has 0 spiro atoms. The molecule has 1 N–H and O–H groups in total. The van der Waals surface area contributed by atoms with Gasteiger partial charge in [-0.25, -0.2) is 4.68 Å². The first-order chi connectivity index (χ1) is 11.5. The lowest BCUT2D eigenvalue weighted by atomic mass is 10.0. The number of nitrogens with zero attached hydrogens (tertiary/aromatic N) is 5. The van der Waals surface area contributed by atoms with Gasteiger partial charge in [-0.1, -0.05) is 12.1 Å². The Bertz CT molecular complexity index is 767. The van der Waals surface area contributed by atoms with E-state index in [1.165, 1.54) is 17.7 Å². The zero-order chi connectivity index (χ0) is 17.3. The standard InChI is InChI=1S/C17H25N5OS/c1-19(2)14-7-4-6-13(10-14)15-8-5-9-21(15)12-22-17(24)20(3)16(11-23)18-22/h4,6-7,10,15,23H,5,8-9,11-12H2,1-3H3. The molecule has 1 saturated heterocycles. The van der Waals surface area contributed by atoms with Gasteiger partial charge in [0, 0.05) is 39.4 Å². The van der Waals surface area contributed by atoms with E-state index in [2.05, 4.69) is 53.3 Å². The second-order valence-corrected chi connectivity index (χ2v) is 6.88. The van der Waals surface area contributed by atoms with Crippen molar-refractivity contribution in [3.63, 3.8) is 0 Å². The van der Waals surface area contributed by atoms with Crippen LogP contribution in [0.1, 0.15) is 30.3 Å². The number of hydrogen-bond donors (Lipinski definition) is 1. The topological polar surface area (TPSA) is 49.5 Å². The molecule has 7 heteroatoms. The van der Waals surface area contributed by atoms with Gasteiger partial charge in [-0.3, -0.25) is 4.90 Å². The monoisotopic (exact) mass is 347 g/mol. The summed E-state index contributed by atoms with van der Waals surface area (Å²) >= 11 is 5.44. The fourth-order valence-electron chi connectivity index (χ4n) is 3.32. The molecule has 0 amide bonds. The first-order valence-corrected chi connectivity index (χ1v) is 8.67. The molecular formula is C17H25N5OS. The fourth-order valence-corrected chi connectivity index (χ4v) is 3.52. The Morgan fingerprint density at radius 3 is 2.83 bits per heavy atom. The molecule has 0 aliphatic carbocycles. The molecule has 2 heterocycles. The number of rotatable bonds is 5. The molecular weight excluding hydrogens is 322 g/mol. The van der Waals surface area contributed by atoms with Gasteiger partial charge in [-0.15, -0.1) is 0 Å². The Hall–Kier alpha value is -1.70. The van der Waals surface area contributed by atoms with Crippen LogP contribution >= 0.6 is 12.2 Å². The summed E-state index contributed by atoms with van der Waals surface area (Å²) in [6.07, 6.45) is 2.31. The maximum absolute atomic E-state index is 9.37. The van der Waals surface area contributed by atoms with Crippen molar-refractivity contribution in [2.45, 2.75) is 32.2 Å². The van der Waals surface area contributed by atoms with E-state index in [1.807, 2.05) is 11.7 Å². The average Bonchev–Trinajstić information content (AvgIpc) is 3.15. The van der Waals surface area contributed by atoms with Crippen LogP contribution in [0.4, 0.5) is 5.69 Å². The third-order valence-electron chi connectivity index (χ3n) is 4.72. The molecule has 6 nitrogen and oxygen atoms in total. The summed E-state index contributed by atoms with van der Waals surface area (Å²) in [7, 11) is 5.98. The molecule has 1 aliphatic heterocycles. The van der Waals surface area contributed by atoms with E-state index in [0.29, 0.717) is 23.3 Å². The zero-order valence-corrected chi connectivity index (χ0v) is 15.3. The van der Waals surface area contributed by atoms with E-state index in [0.717, 1.165) is 13.0 Å². The van der Waals surface area contributed by atoms with Crippen LogP contribution in [-0.2, 0) is 20.3 Å². The van der Waals surface area contributed by atoms with E-state index < -0.39 is 0 Å². The van der Waals surface area contributed by atoms with E-state index in [1.54, 1.807) is 4.57 Å². The predicted molar refractivity (Wildman–Crippen MR) is 97.4 cm³/mol. The van der Waals surface area contributed by atoms with Crippen LogP contribution in [0.5, 0.6) is 0 Å². The first kappa shape index (κ1) is 17.1. The van der Waals surface area contributed by atoms with E-state index >= 15 is 0 Å². The van der Waals surface area contributed by atoms with Crippen LogP contribution in [-0.4, -0.2) is 45.0 Å². The summed E-state index contributed by atoms with van der Waals surface area (Å²) in [6, 6.07) is 9.10. The van der Waals surface area contributed by atoms with Crippen molar-refractivity contribution in [2.75, 3.05) is 25.5 Å². The summed E-state index contributed by atoms with van der Waals surface area (Å²) in [5, 5.41) is 13.8. The van der Waals surface area contributed by atoms with Crippen LogP contribution in [0.25, 0.3) is 0 Å². The van der Waals surface area contributed by atoms with Gasteiger partial charge in [-0.05, 0) is 42.8 Å². The van der Waals surface area contributed by atoms with Crippen LogP contribution in [0.2, 0.25) is 0 Å². The molecule has 1 aliphatic rings. The summed E-state index contributed by atoms with van der Waals surface area (Å²) < 4.78 is 4.23. The molecule has 1 aromatic heterocycles. The number of aromatic nitrogens is 3. The normalized spacial score (nSPS) is 18.2. The van der Waals surface area contributed by atoms with Gasteiger partial charge in [0.25, 0.3) is 0 Å². The van der Waals surface area contributed by atoms with E-state index in [4.69, 9.17) is 12.2 Å². The van der Waals surface area contributed by atoms with Crippen molar-refractivity contribution < 1.29 is 5.11 Å². The highest BCUT2D eigenvalue weighted by molar-refractivity contribution is 7.71. The molecule has 0 saturated carbocycles. The van der Waals surface area contributed by atoms with Gasteiger partial charge < -0.3 is 14.6 Å². The molecule has 24 heavy (non-hydrogen) atoms. The number of likely N-dealkylation sites (tertiary alicyclic amines) is 1. The molecule has 1 unspecified atom stereocenters. The number of aliphatic hydroxyl groups excluding tert-OH is 1. The summed E-state index contributed by atoms with van der Waals surface area (Å²) in [6.45, 7) is 1.59. The molecule has 3 rings (SSSR count). The minimum absolute atomic E-state index is 0.0958. The molecule has 0 bridgehead atoms. The number of hydrogen-bond acceptors (Lipinski definition) is 5. The van der Waals surface area contributed by atoms with Crippen LogP contribution < -0.4 is 4.90 Å². The average molecular weight is 347 g/mol. The van der Waals surface area contributed by atoms with Gasteiger partial charge in [0.1, 0.15) is 6.61 Å². The van der Waals surface area contributed by atoms with Crippen LogP contribution in [0.3, 0.4) is 0 Å². The van der Waals surface area contributed by atoms with Gasteiger partial charge in [0.15, 0.2) is 10.6 Å². The second-order valence-electron chi connectivity index (χ2n) is 6.52. The van der Waals surface area contributed by atoms with Gasteiger partial charge in [0.2, 0.25) is 0 Å². The zero-order valence-electron chi connectivity index (χ0n) is 14.5. The molecule has 2 aromatic rings. The molecule has 1 fully saturated rings. The van der Waals surface area contributed by atoms with Gasteiger partial charge in [-0.2, -0.15) is 5.10 Å². The number of aliphatic hydroxyl groups is 1. The van der Waals surface area contributed by atoms with Crippen molar-refractivity contribution in [3.05, 3.63) is 40.4 Å². The lowest BCUT2D eigenvalue weighted by Crippen LogP contribution is -2.27. The second kappa shape index (κ2) is 7.04. The van der Waals surface area contributed by atoms with Gasteiger partial charge in [0.05, 0.1) is 6.67 Å². The molecule has 0 radical (unpaired) electrons. The third-order valence-corrected chi connectivity index (χ3v) is 5.21. The lowest BCUT2D eigenvalue weighted by Gasteiger charge is -2.25.